The molecule has 5 nitrogen and oxygen atoms in total. The van der Waals surface area contributed by atoms with Crippen molar-refractivity contribution in [3.05, 3.63) is 12.2 Å². The molecule has 3 atom stereocenters. The Labute approximate surface area is 121 Å². The highest BCUT2D eigenvalue weighted by Gasteiger charge is 2.53. The van der Waals surface area contributed by atoms with Crippen LogP contribution in [0, 0.1) is 23.7 Å². The third-order valence-electron chi connectivity index (χ3n) is 5.04. The molecule has 3 unspecified atom stereocenters. The van der Waals surface area contributed by atoms with Crippen molar-refractivity contribution in [3.8, 4) is 0 Å². The number of nitrogens with one attached hydrogen (secondary N) is 1. The number of nitrogens with zero attached hydrogens (tertiary/aromatic N) is 3. The number of fused-ring (bicyclic) bond motifs is 1. The van der Waals surface area contributed by atoms with E-state index in [9.17, 15) is 0 Å². The van der Waals surface area contributed by atoms with E-state index in [1.165, 1.54) is 25.7 Å². The van der Waals surface area contributed by atoms with Crippen molar-refractivity contribution >= 4 is 0 Å². The van der Waals surface area contributed by atoms with Crippen LogP contribution in [-0.2, 0) is 13.0 Å². The van der Waals surface area contributed by atoms with E-state index in [-0.39, 0.29) is 0 Å². The Morgan fingerprint density at radius 3 is 2.65 bits per heavy atom. The van der Waals surface area contributed by atoms with Gasteiger partial charge in [0, 0.05) is 19.0 Å². The lowest BCUT2D eigenvalue weighted by atomic mass is 10.0. The van der Waals surface area contributed by atoms with Crippen molar-refractivity contribution in [2.75, 3.05) is 0 Å². The Balaban J connectivity index is 1.65. The lowest BCUT2D eigenvalue weighted by Crippen LogP contribution is -2.40. The van der Waals surface area contributed by atoms with Crippen molar-refractivity contribution in [2.24, 2.45) is 29.5 Å². The molecule has 5 heteroatoms. The van der Waals surface area contributed by atoms with Crippen LogP contribution in [0.15, 0.2) is 6.33 Å². The van der Waals surface area contributed by atoms with E-state index >= 15 is 0 Å². The van der Waals surface area contributed by atoms with Crippen molar-refractivity contribution in [2.45, 2.75) is 58.5 Å². The van der Waals surface area contributed by atoms with E-state index in [0.29, 0.717) is 12.0 Å². The molecule has 0 saturated heterocycles. The van der Waals surface area contributed by atoms with Crippen LogP contribution in [0.25, 0.3) is 0 Å². The fourth-order valence-corrected chi connectivity index (χ4v) is 4.09. The Kier molecular flexibility index (Phi) is 4.08. The molecule has 2 aliphatic carbocycles. The molecule has 1 aromatic rings. The van der Waals surface area contributed by atoms with Crippen LogP contribution in [0.2, 0.25) is 0 Å². The molecule has 0 spiro atoms. The molecule has 0 aromatic carbocycles. The average Bonchev–Trinajstić information content (AvgIpc) is 3.01. The lowest BCUT2D eigenvalue weighted by molar-refractivity contribution is 0.404. The van der Waals surface area contributed by atoms with Gasteiger partial charge in [-0.1, -0.05) is 26.7 Å². The monoisotopic (exact) mass is 277 g/mol. The minimum atomic E-state index is 0.359. The summed E-state index contributed by atoms with van der Waals surface area (Å²) < 4.78 is 2.04. The number of nitrogens with two attached hydrogens (primary N) is 1. The van der Waals surface area contributed by atoms with Crippen LogP contribution >= 0.6 is 0 Å². The van der Waals surface area contributed by atoms with Crippen LogP contribution in [-0.4, -0.2) is 20.8 Å². The van der Waals surface area contributed by atoms with Crippen molar-refractivity contribution < 1.29 is 0 Å². The first-order valence-corrected chi connectivity index (χ1v) is 8.03. The normalized spacial score (nSPS) is 30.3. The van der Waals surface area contributed by atoms with Gasteiger partial charge < -0.3 is 0 Å². The molecular formula is C15H27N5. The third-order valence-corrected chi connectivity index (χ3v) is 5.04. The van der Waals surface area contributed by atoms with Gasteiger partial charge in [-0.15, -0.1) is 0 Å². The minimum Gasteiger partial charge on any atom is -0.271 e. The SMILES string of the molecule is CC(C)Cn1ncnc1CC(NN)C1C2CCCCC21. The topological polar surface area (TPSA) is 68.8 Å². The standard InChI is InChI=1S/C15H27N5/c1-10(2)8-20-14(17-9-18-20)7-13(19-16)15-11-5-3-4-6-12(11)15/h9-13,15,19H,3-8,16H2,1-2H3. The molecule has 1 heterocycles. The van der Waals surface area contributed by atoms with Crippen molar-refractivity contribution in [3.63, 3.8) is 0 Å². The summed E-state index contributed by atoms with van der Waals surface area (Å²) in [7, 11) is 0. The predicted molar refractivity (Wildman–Crippen MR) is 78.6 cm³/mol. The highest BCUT2D eigenvalue weighted by molar-refractivity contribution is 5.06. The van der Waals surface area contributed by atoms with E-state index in [1.54, 1.807) is 6.33 Å². The van der Waals surface area contributed by atoms with E-state index in [0.717, 1.165) is 36.5 Å². The Bertz CT molecular complexity index is 429. The molecule has 2 saturated carbocycles. The zero-order chi connectivity index (χ0) is 14.1. The minimum absolute atomic E-state index is 0.359. The second-order valence-electron chi connectivity index (χ2n) is 6.92. The largest absolute Gasteiger partial charge is 0.271 e. The van der Waals surface area contributed by atoms with Gasteiger partial charge >= 0.3 is 0 Å². The maximum atomic E-state index is 5.83. The number of hydrazine groups is 1. The molecule has 2 fully saturated rings. The molecular weight excluding hydrogens is 250 g/mol. The first-order valence-electron chi connectivity index (χ1n) is 8.03. The van der Waals surface area contributed by atoms with Crippen LogP contribution in [0.1, 0.15) is 45.4 Å². The van der Waals surface area contributed by atoms with E-state index in [4.69, 9.17) is 5.84 Å². The van der Waals surface area contributed by atoms with E-state index < -0.39 is 0 Å². The van der Waals surface area contributed by atoms with Gasteiger partial charge in [0.2, 0.25) is 0 Å². The first-order chi connectivity index (χ1) is 9.70. The summed E-state index contributed by atoms with van der Waals surface area (Å²) >= 11 is 0. The van der Waals surface area contributed by atoms with E-state index in [1.807, 2.05) is 4.68 Å². The van der Waals surface area contributed by atoms with Gasteiger partial charge in [-0.2, -0.15) is 5.10 Å². The number of hydrogen-bond donors (Lipinski definition) is 2. The van der Waals surface area contributed by atoms with Gasteiger partial charge in [-0.25, -0.2) is 9.67 Å². The zero-order valence-electron chi connectivity index (χ0n) is 12.6. The molecule has 0 bridgehead atoms. The molecule has 1 aromatic heterocycles. The summed E-state index contributed by atoms with van der Waals surface area (Å²) in [6.07, 6.45) is 8.17. The van der Waals surface area contributed by atoms with Crippen molar-refractivity contribution in [1.29, 1.82) is 0 Å². The Morgan fingerprint density at radius 1 is 1.35 bits per heavy atom. The molecule has 0 radical (unpaired) electrons. The maximum absolute atomic E-state index is 5.83. The molecule has 0 aliphatic heterocycles. The third kappa shape index (κ3) is 2.74. The smallest absolute Gasteiger partial charge is 0.138 e. The van der Waals surface area contributed by atoms with Gasteiger partial charge in [0.15, 0.2) is 0 Å². The van der Waals surface area contributed by atoms with Crippen LogP contribution in [0.5, 0.6) is 0 Å². The van der Waals surface area contributed by atoms with Gasteiger partial charge in [-0.05, 0) is 36.5 Å². The van der Waals surface area contributed by atoms with Crippen molar-refractivity contribution in [1.82, 2.24) is 20.2 Å². The molecule has 112 valence electrons. The summed E-state index contributed by atoms with van der Waals surface area (Å²) in [6.45, 7) is 5.35. The first kappa shape index (κ1) is 14.0. The molecule has 2 aliphatic rings. The Morgan fingerprint density at radius 2 is 2.05 bits per heavy atom. The fourth-order valence-electron chi connectivity index (χ4n) is 4.09. The van der Waals surface area contributed by atoms with Gasteiger partial charge in [0.1, 0.15) is 12.2 Å². The zero-order valence-corrected chi connectivity index (χ0v) is 12.6. The summed E-state index contributed by atoms with van der Waals surface area (Å²) in [5, 5.41) is 4.35. The number of aromatic nitrogens is 3. The van der Waals surface area contributed by atoms with Gasteiger partial charge in [0.05, 0.1) is 0 Å². The highest BCUT2D eigenvalue weighted by Crippen LogP contribution is 2.57. The summed E-state index contributed by atoms with van der Waals surface area (Å²) in [5.74, 6) is 10.1. The fraction of sp³-hybridized carbons (Fsp3) is 0.867. The molecule has 3 rings (SSSR count). The second kappa shape index (κ2) is 5.82. The summed E-state index contributed by atoms with van der Waals surface area (Å²) in [5.41, 5.74) is 3.06. The lowest BCUT2D eigenvalue weighted by Gasteiger charge is -2.17. The quantitative estimate of drug-likeness (QED) is 0.614. The predicted octanol–water partition coefficient (Wildman–Crippen LogP) is 1.74. The summed E-state index contributed by atoms with van der Waals surface area (Å²) in [6, 6.07) is 0.359. The summed E-state index contributed by atoms with van der Waals surface area (Å²) in [4.78, 5) is 4.44. The molecule has 3 N–H and O–H groups in total. The average molecular weight is 277 g/mol. The van der Waals surface area contributed by atoms with Gasteiger partial charge in [-0.3, -0.25) is 11.3 Å². The van der Waals surface area contributed by atoms with Gasteiger partial charge in [0.25, 0.3) is 0 Å². The van der Waals surface area contributed by atoms with E-state index in [2.05, 4.69) is 29.4 Å². The Hall–Kier alpha value is -0.940. The highest BCUT2D eigenvalue weighted by atomic mass is 15.3. The molecule has 0 amide bonds. The second-order valence-corrected chi connectivity index (χ2v) is 6.92. The van der Waals surface area contributed by atoms with Crippen LogP contribution in [0.3, 0.4) is 0 Å². The number of rotatable bonds is 6. The maximum Gasteiger partial charge on any atom is 0.138 e. The molecule has 20 heavy (non-hydrogen) atoms. The van der Waals surface area contributed by atoms with Crippen LogP contribution in [0.4, 0.5) is 0 Å². The van der Waals surface area contributed by atoms with Crippen LogP contribution < -0.4 is 11.3 Å². The number of hydrogen-bond acceptors (Lipinski definition) is 4.